The zero-order valence-corrected chi connectivity index (χ0v) is 10.5. The van der Waals surface area contributed by atoms with E-state index >= 15 is 0 Å². The van der Waals surface area contributed by atoms with Gasteiger partial charge in [0, 0.05) is 18.7 Å². The fraction of sp³-hybridized carbons (Fsp3) is 1.00. The van der Waals surface area contributed by atoms with Crippen LogP contribution in [0.15, 0.2) is 0 Å². The van der Waals surface area contributed by atoms with Gasteiger partial charge in [0.05, 0.1) is 0 Å². The van der Waals surface area contributed by atoms with Gasteiger partial charge in [0.15, 0.2) is 0 Å². The van der Waals surface area contributed by atoms with Crippen molar-refractivity contribution >= 4 is 0 Å². The lowest BCUT2D eigenvalue weighted by Gasteiger charge is -2.32. The summed E-state index contributed by atoms with van der Waals surface area (Å²) >= 11 is 0. The Balaban J connectivity index is 2.22. The van der Waals surface area contributed by atoms with Crippen molar-refractivity contribution in [1.29, 1.82) is 0 Å². The van der Waals surface area contributed by atoms with E-state index in [0.29, 0.717) is 24.6 Å². The maximum Gasteiger partial charge on any atom is 0.0445 e. The minimum Gasteiger partial charge on any atom is -0.396 e. The molecule has 0 saturated heterocycles. The van der Waals surface area contributed by atoms with Gasteiger partial charge in [0.25, 0.3) is 0 Å². The Morgan fingerprint density at radius 2 is 1.93 bits per heavy atom. The molecular weight excluding hydrogens is 186 g/mol. The predicted molar refractivity (Wildman–Crippen MR) is 64.9 cm³/mol. The van der Waals surface area contributed by atoms with E-state index in [0.717, 1.165) is 12.3 Å². The standard InChI is InChI=1S/C13H27NO/c1-10(2)13(7-8-15)14-11(3)9-12-5-4-6-12/h10-15H,4-9H2,1-3H3. The van der Waals surface area contributed by atoms with E-state index in [1.54, 1.807) is 0 Å². The van der Waals surface area contributed by atoms with E-state index in [1.807, 2.05) is 0 Å². The molecular formula is C13H27NO. The third kappa shape index (κ3) is 4.52. The molecule has 2 N–H and O–H groups in total. The number of aliphatic hydroxyl groups is 1. The second-order valence-corrected chi connectivity index (χ2v) is 5.46. The fourth-order valence-corrected chi connectivity index (χ4v) is 2.41. The molecule has 1 fully saturated rings. The number of rotatable bonds is 7. The van der Waals surface area contributed by atoms with E-state index in [-0.39, 0.29) is 0 Å². The average molecular weight is 213 g/mol. The zero-order valence-electron chi connectivity index (χ0n) is 10.5. The summed E-state index contributed by atoms with van der Waals surface area (Å²) in [6, 6.07) is 1.08. The highest BCUT2D eigenvalue weighted by Gasteiger charge is 2.22. The summed E-state index contributed by atoms with van der Waals surface area (Å²) in [6.07, 6.45) is 6.49. The molecule has 0 aliphatic heterocycles. The molecule has 0 amide bonds. The molecule has 0 aromatic rings. The number of nitrogens with one attached hydrogen (secondary N) is 1. The molecule has 1 saturated carbocycles. The summed E-state index contributed by atoms with van der Waals surface area (Å²) in [4.78, 5) is 0. The third-order valence-corrected chi connectivity index (χ3v) is 3.66. The van der Waals surface area contributed by atoms with Crippen LogP contribution in [-0.2, 0) is 0 Å². The molecule has 1 aliphatic carbocycles. The second kappa shape index (κ2) is 6.49. The van der Waals surface area contributed by atoms with E-state index in [9.17, 15) is 0 Å². The minimum absolute atomic E-state index is 0.298. The normalized spacial score (nSPS) is 21.4. The molecule has 0 heterocycles. The summed E-state index contributed by atoms with van der Waals surface area (Å²) in [5, 5.41) is 12.7. The van der Waals surface area contributed by atoms with Crippen LogP contribution in [0, 0.1) is 11.8 Å². The lowest BCUT2D eigenvalue weighted by atomic mass is 9.81. The van der Waals surface area contributed by atoms with Crippen LogP contribution in [-0.4, -0.2) is 23.8 Å². The van der Waals surface area contributed by atoms with Crippen LogP contribution in [0.4, 0.5) is 0 Å². The Morgan fingerprint density at radius 1 is 1.27 bits per heavy atom. The van der Waals surface area contributed by atoms with Gasteiger partial charge in [-0.3, -0.25) is 0 Å². The Bertz CT molecular complexity index is 166. The summed E-state index contributed by atoms with van der Waals surface area (Å²) in [5.74, 6) is 1.58. The van der Waals surface area contributed by atoms with Gasteiger partial charge in [0.1, 0.15) is 0 Å². The van der Waals surface area contributed by atoms with Gasteiger partial charge in [-0.1, -0.05) is 33.1 Å². The van der Waals surface area contributed by atoms with Gasteiger partial charge in [0.2, 0.25) is 0 Å². The molecule has 90 valence electrons. The van der Waals surface area contributed by atoms with Crippen LogP contribution >= 0.6 is 0 Å². The highest BCUT2D eigenvalue weighted by molar-refractivity contribution is 4.79. The quantitative estimate of drug-likeness (QED) is 0.681. The van der Waals surface area contributed by atoms with Crippen LogP contribution in [0.1, 0.15) is 52.9 Å². The summed E-state index contributed by atoms with van der Waals surface area (Å²) in [7, 11) is 0. The summed E-state index contributed by atoms with van der Waals surface area (Å²) in [6.45, 7) is 7.03. The number of hydrogen-bond acceptors (Lipinski definition) is 2. The predicted octanol–water partition coefficient (Wildman–Crippen LogP) is 2.56. The number of hydrogen-bond donors (Lipinski definition) is 2. The first-order valence-corrected chi connectivity index (χ1v) is 6.50. The molecule has 15 heavy (non-hydrogen) atoms. The fourth-order valence-electron chi connectivity index (χ4n) is 2.41. The van der Waals surface area contributed by atoms with Crippen LogP contribution in [0.5, 0.6) is 0 Å². The van der Waals surface area contributed by atoms with Crippen LogP contribution < -0.4 is 5.32 Å². The van der Waals surface area contributed by atoms with Crippen LogP contribution in [0.2, 0.25) is 0 Å². The van der Waals surface area contributed by atoms with Crippen molar-refractivity contribution in [1.82, 2.24) is 5.32 Å². The molecule has 2 unspecified atom stereocenters. The van der Waals surface area contributed by atoms with E-state index in [4.69, 9.17) is 5.11 Å². The van der Waals surface area contributed by atoms with E-state index < -0.39 is 0 Å². The number of aliphatic hydroxyl groups excluding tert-OH is 1. The van der Waals surface area contributed by atoms with E-state index in [2.05, 4.69) is 26.1 Å². The maximum atomic E-state index is 9.00. The Hall–Kier alpha value is -0.0800. The summed E-state index contributed by atoms with van der Waals surface area (Å²) < 4.78 is 0. The first-order chi connectivity index (χ1) is 7.13. The molecule has 0 spiro atoms. The van der Waals surface area contributed by atoms with Crippen molar-refractivity contribution in [2.75, 3.05) is 6.61 Å². The van der Waals surface area contributed by atoms with Crippen LogP contribution in [0.3, 0.4) is 0 Å². The Kier molecular flexibility index (Phi) is 5.62. The van der Waals surface area contributed by atoms with Crippen molar-refractivity contribution in [3.8, 4) is 0 Å². The van der Waals surface area contributed by atoms with Crippen molar-refractivity contribution < 1.29 is 5.11 Å². The van der Waals surface area contributed by atoms with Gasteiger partial charge in [-0.15, -0.1) is 0 Å². The molecule has 0 radical (unpaired) electrons. The molecule has 0 aromatic heterocycles. The van der Waals surface area contributed by atoms with Gasteiger partial charge < -0.3 is 10.4 Å². The lowest BCUT2D eigenvalue weighted by Crippen LogP contribution is -2.41. The van der Waals surface area contributed by atoms with Gasteiger partial charge in [-0.25, -0.2) is 0 Å². The van der Waals surface area contributed by atoms with Crippen molar-refractivity contribution in [2.45, 2.75) is 65.0 Å². The lowest BCUT2D eigenvalue weighted by molar-refractivity contribution is 0.214. The van der Waals surface area contributed by atoms with Crippen molar-refractivity contribution in [3.63, 3.8) is 0 Å². The van der Waals surface area contributed by atoms with E-state index in [1.165, 1.54) is 25.7 Å². The molecule has 1 rings (SSSR count). The highest BCUT2D eigenvalue weighted by Crippen LogP contribution is 2.30. The Morgan fingerprint density at radius 3 is 2.33 bits per heavy atom. The van der Waals surface area contributed by atoms with Gasteiger partial charge >= 0.3 is 0 Å². The second-order valence-electron chi connectivity index (χ2n) is 5.46. The molecule has 1 aliphatic rings. The van der Waals surface area contributed by atoms with Gasteiger partial charge in [-0.05, 0) is 31.6 Å². The third-order valence-electron chi connectivity index (χ3n) is 3.66. The SMILES string of the molecule is CC(CC1CCC1)NC(CCO)C(C)C. The van der Waals surface area contributed by atoms with Crippen molar-refractivity contribution in [3.05, 3.63) is 0 Å². The average Bonchev–Trinajstić information content (AvgIpc) is 2.10. The molecule has 0 aromatic carbocycles. The zero-order chi connectivity index (χ0) is 11.3. The smallest absolute Gasteiger partial charge is 0.0445 e. The monoisotopic (exact) mass is 213 g/mol. The molecule has 0 bridgehead atoms. The molecule has 2 atom stereocenters. The Labute approximate surface area is 94.5 Å². The van der Waals surface area contributed by atoms with Crippen molar-refractivity contribution in [2.24, 2.45) is 11.8 Å². The first kappa shape index (κ1) is 13.0. The molecule has 2 nitrogen and oxygen atoms in total. The minimum atomic E-state index is 0.298. The highest BCUT2D eigenvalue weighted by atomic mass is 16.3. The summed E-state index contributed by atoms with van der Waals surface area (Å²) in [5.41, 5.74) is 0. The largest absolute Gasteiger partial charge is 0.396 e. The van der Waals surface area contributed by atoms with Gasteiger partial charge in [-0.2, -0.15) is 0 Å². The first-order valence-electron chi connectivity index (χ1n) is 6.50. The van der Waals surface area contributed by atoms with Crippen LogP contribution in [0.25, 0.3) is 0 Å². The topological polar surface area (TPSA) is 32.3 Å². The molecule has 2 heteroatoms. The maximum absolute atomic E-state index is 9.00.